The number of nitrogens with zero attached hydrogens (tertiary/aromatic N) is 2. The number of carbonyl (C=O) groups is 3. The van der Waals surface area contributed by atoms with Crippen molar-refractivity contribution in [3.05, 3.63) is 30.0 Å². The molecule has 3 rings (SSSR count). The van der Waals surface area contributed by atoms with Crippen LogP contribution in [0.1, 0.15) is 51.1 Å². The van der Waals surface area contributed by atoms with Crippen molar-refractivity contribution in [2.45, 2.75) is 52.6 Å². The van der Waals surface area contributed by atoms with Crippen molar-refractivity contribution in [2.75, 3.05) is 20.3 Å². The molecule has 2 N–H and O–H groups in total. The van der Waals surface area contributed by atoms with Gasteiger partial charge in [0.25, 0.3) is 5.91 Å². The molecule has 0 saturated carbocycles. The zero-order valence-corrected chi connectivity index (χ0v) is 20.9. The molecule has 10 heteroatoms. The standard InChI is InChI=1S/C25H34N4O6/c1-15(2)11-18(14-26-29-9-10-34-25(29)32)27-23(30)19(12-16(3)4)28-24(31)21-13-17-7-6-8-20(33-5)22(17)35-21/h6-8,13-16,18-19H,9-12H2,1-5H3,(H,27,30)(H,28,31)/t18-,19-/m0/s1. The first-order valence-electron chi connectivity index (χ1n) is 11.8. The van der Waals surface area contributed by atoms with Gasteiger partial charge in [0.05, 0.1) is 19.7 Å². The van der Waals surface area contributed by atoms with Gasteiger partial charge in [0.1, 0.15) is 12.6 Å². The third kappa shape index (κ3) is 6.97. The van der Waals surface area contributed by atoms with Crippen LogP contribution >= 0.6 is 0 Å². The summed E-state index contributed by atoms with van der Waals surface area (Å²) >= 11 is 0. The first-order chi connectivity index (χ1) is 16.7. The van der Waals surface area contributed by atoms with Gasteiger partial charge in [-0.2, -0.15) is 10.1 Å². The van der Waals surface area contributed by atoms with Crippen LogP contribution in [-0.4, -0.2) is 61.5 Å². The van der Waals surface area contributed by atoms with E-state index < -0.39 is 24.1 Å². The Morgan fingerprint density at radius 3 is 2.54 bits per heavy atom. The summed E-state index contributed by atoms with van der Waals surface area (Å²) in [6.45, 7) is 8.66. The van der Waals surface area contributed by atoms with E-state index in [9.17, 15) is 14.4 Å². The molecule has 1 saturated heterocycles. The molecule has 2 aromatic rings. The highest BCUT2D eigenvalue weighted by molar-refractivity contribution is 5.99. The summed E-state index contributed by atoms with van der Waals surface area (Å²) in [6, 6.07) is 5.81. The average Bonchev–Trinajstić information content (AvgIpc) is 3.42. The molecule has 0 bridgehead atoms. The monoisotopic (exact) mass is 486 g/mol. The second-order valence-corrected chi connectivity index (χ2v) is 9.39. The molecule has 0 aliphatic carbocycles. The third-order valence-corrected chi connectivity index (χ3v) is 5.46. The number of hydrogen-bond donors (Lipinski definition) is 2. The number of rotatable bonds is 11. The van der Waals surface area contributed by atoms with Crippen LogP contribution in [0.15, 0.2) is 33.8 Å². The smallest absolute Gasteiger partial charge is 0.430 e. The lowest BCUT2D eigenvalue weighted by Crippen LogP contribution is -2.51. The lowest BCUT2D eigenvalue weighted by molar-refractivity contribution is -0.123. The summed E-state index contributed by atoms with van der Waals surface area (Å²) in [5, 5.41) is 11.9. The number of amides is 3. The topological polar surface area (TPSA) is 122 Å². The maximum absolute atomic E-state index is 13.2. The van der Waals surface area contributed by atoms with Crippen molar-refractivity contribution in [3.63, 3.8) is 0 Å². The second kappa shape index (κ2) is 11.7. The first kappa shape index (κ1) is 26.1. The Kier molecular flexibility index (Phi) is 8.73. The van der Waals surface area contributed by atoms with Gasteiger partial charge in [0, 0.05) is 11.6 Å². The quantitative estimate of drug-likeness (QED) is 0.468. The van der Waals surface area contributed by atoms with Crippen LogP contribution < -0.4 is 15.4 Å². The molecule has 0 spiro atoms. The zero-order valence-electron chi connectivity index (χ0n) is 20.9. The van der Waals surface area contributed by atoms with E-state index in [1.54, 1.807) is 18.3 Å². The van der Waals surface area contributed by atoms with E-state index in [0.29, 0.717) is 30.7 Å². The second-order valence-electron chi connectivity index (χ2n) is 9.39. The van der Waals surface area contributed by atoms with Crippen LogP contribution in [0.4, 0.5) is 4.79 Å². The maximum Gasteiger partial charge on any atom is 0.430 e. The minimum Gasteiger partial charge on any atom is -0.493 e. The summed E-state index contributed by atoms with van der Waals surface area (Å²) in [7, 11) is 1.53. The van der Waals surface area contributed by atoms with Gasteiger partial charge in [0.2, 0.25) is 5.91 Å². The lowest BCUT2D eigenvalue weighted by atomic mass is 10.0. The molecule has 1 aliphatic rings. The van der Waals surface area contributed by atoms with E-state index in [4.69, 9.17) is 13.9 Å². The summed E-state index contributed by atoms with van der Waals surface area (Å²) in [4.78, 5) is 37.9. The molecule has 1 aliphatic heterocycles. The van der Waals surface area contributed by atoms with Crippen molar-refractivity contribution in [1.82, 2.24) is 15.6 Å². The number of benzene rings is 1. The van der Waals surface area contributed by atoms with Gasteiger partial charge in [-0.1, -0.05) is 39.8 Å². The Morgan fingerprint density at radius 2 is 1.91 bits per heavy atom. The van der Waals surface area contributed by atoms with Gasteiger partial charge in [-0.25, -0.2) is 4.79 Å². The van der Waals surface area contributed by atoms with Crippen molar-refractivity contribution >= 4 is 35.1 Å². The molecule has 35 heavy (non-hydrogen) atoms. The van der Waals surface area contributed by atoms with Gasteiger partial charge < -0.3 is 24.5 Å². The van der Waals surface area contributed by atoms with Gasteiger partial charge >= 0.3 is 6.09 Å². The van der Waals surface area contributed by atoms with Gasteiger partial charge in [0.15, 0.2) is 17.1 Å². The Hall–Kier alpha value is -3.56. The van der Waals surface area contributed by atoms with E-state index in [2.05, 4.69) is 15.7 Å². The fourth-order valence-corrected chi connectivity index (χ4v) is 3.84. The van der Waals surface area contributed by atoms with Crippen LogP contribution in [0.2, 0.25) is 0 Å². The fraction of sp³-hybridized carbons (Fsp3) is 0.520. The van der Waals surface area contributed by atoms with Gasteiger partial charge in [-0.05, 0) is 36.8 Å². The van der Waals surface area contributed by atoms with E-state index in [1.807, 2.05) is 39.8 Å². The molecule has 1 fully saturated rings. The number of carbonyl (C=O) groups excluding carboxylic acids is 3. The molecule has 2 heterocycles. The number of hydrazone groups is 1. The number of methoxy groups -OCH3 is 1. The third-order valence-electron chi connectivity index (χ3n) is 5.46. The number of hydrogen-bond acceptors (Lipinski definition) is 7. The van der Waals surface area contributed by atoms with Crippen LogP contribution in [0, 0.1) is 11.8 Å². The molecular formula is C25H34N4O6. The van der Waals surface area contributed by atoms with Crippen molar-refractivity contribution in [3.8, 4) is 5.75 Å². The van der Waals surface area contributed by atoms with Crippen LogP contribution in [-0.2, 0) is 9.53 Å². The highest BCUT2D eigenvalue weighted by Crippen LogP contribution is 2.28. The molecule has 190 valence electrons. The Balaban J connectivity index is 1.74. The summed E-state index contributed by atoms with van der Waals surface area (Å²) in [6.07, 6.45) is 2.09. The largest absolute Gasteiger partial charge is 0.493 e. The van der Waals surface area contributed by atoms with E-state index in [-0.39, 0.29) is 30.1 Å². The number of cyclic esters (lactones) is 1. The predicted molar refractivity (Wildman–Crippen MR) is 131 cm³/mol. The number of furan rings is 1. The fourth-order valence-electron chi connectivity index (χ4n) is 3.84. The zero-order chi connectivity index (χ0) is 25.5. The van der Waals surface area contributed by atoms with Crippen LogP contribution in [0.25, 0.3) is 11.0 Å². The molecule has 10 nitrogen and oxygen atoms in total. The van der Waals surface area contributed by atoms with Crippen LogP contribution in [0.3, 0.4) is 0 Å². The van der Waals surface area contributed by atoms with Gasteiger partial charge in [-0.3, -0.25) is 9.59 Å². The minimum atomic E-state index is -0.780. The first-order valence-corrected chi connectivity index (χ1v) is 11.8. The molecule has 1 aromatic carbocycles. The highest BCUT2D eigenvalue weighted by atomic mass is 16.6. The molecule has 0 unspecified atom stereocenters. The number of nitrogens with one attached hydrogen (secondary N) is 2. The molecular weight excluding hydrogens is 452 g/mol. The normalized spacial score (nSPS) is 15.6. The Labute approximate surface area is 205 Å². The summed E-state index contributed by atoms with van der Waals surface area (Å²) < 4.78 is 15.9. The predicted octanol–water partition coefficient (Wildman–Crippen LogP) is 3.55. The van der Waals surface area contributed by atoms with E-state index in [1.165, 1.54) is 12.1 Å². The average molecular weight is 487 g/mol. The van der Waals surface area contributed by atoms with E-state index >= 15 is 0 Å². The maximum atomic E-state index is 13.2. The van der Waals surface area contributed by atoms with Crippen molar-refractivity contribution < 1.29 is 28.3 Å². The van der Waals surface area contributed by atoms with Crippen molar-refractivity contribution in [1.29, 1.82) is 0 Å². The summed E-state index contributed by atoms with van der Waals surface area (Å²) in [5.74, 6) is 0.216. The molecule has 3 amide bonds. The molecule has 0 radical (unpaired) electrons. The lowest BCUT2D eigenvalue weighted by Gasteiger charge is -2.23. The van der Waals surface area contributed by atoms with Gasteiger partial charge in [-0.15, -0.1) is 0 Å². The number of para-hydroxylation sites is 1. The molecule has 2 atom stereocenters. The molecule has 1 aromatic heterocycles. The SMILES string of the molecule is COc1cccc2cc(C(=O)N[C@@H](CC(C)C)C(=O)N[C@H](C=NN3CCOC3=O)CC(C)C)oc12. The van der Waals surface area contributed by atoms with Crippen LogP contribution in [0.5, 0.6) is 5.75 Å². The number of ether oxygens (including phenoxy) is 2. The summed E-state index contributed by atoms with van der Waals surface area (Å²) in [5.41, 5.74) is 0.471. The number of fused-ring (bicyclic) bond motifs is 1. The van der Waals surface area contributed by atoms with Crippen molar-refractivity contribution in [2.24, 2.45) is 16.9 Å². The van der Waals surface area contributed by atoms with E-state index in [0.717, 1.165) is 5.39 Å². The highest BCUT2D eigenvalue weighted by Gasteiger charge is 2.27. The Bertz CT molecular complexity index is 1080. The minimum absolute atomic E-state index is 0.0962. The Morgan fingerprint density at radius 1 is 1.17 bits per heavy atom.